The molecule has 1 amide bonds. The van der Waals surface area contributed by atoms with Gasteiger partial charge in [-0.2, -0.15) is 10.1 Å². The van der Waals surface area contributed by atoms with E-state index in [2.05, 4.69) is 10.1 Å². The van der Waals surface area contributed by atoms with Crippen LogP contribution in [-0.2, 0) is 9.53 Å². The monoisotopic (exact) mass is 378 g/mol. The smallest absolute Gasteiger partial charge is 0.255 e. The summed E-state index contributed by atoms with van der Waals surface area (Å²) >= 11 is 0. The van der Waals surface area contributed by atoms with Crippen LogP contribution in [0.15, 0.2) is 60.9 Å². The Bertz CT molecular complexity index is 940. The van der Waals surface area contributed by atoms with Gasteiger partial charge in [-0.1, -0.05) is 42.5 Å². The highest BCUT2D eigenvalue weighted by Crippen LogP contribution is 2.41. The largest absolute Gasteiger partial charge is 0.497 e. The average Bonchev–Trinajstić information content (AvgIpc) is 3.23. The van der Waals surface area contributed by atoms with Gasteiger partial charge >= 0.3 is 0 Å². The van der Waals surface area contributed by atoms with Crippen molar-refractivity contribution in [3.8, 4) is 5.75 Å². The molecule has 0 fully saturated rings. The summed E-state index contributed by atoms with van der Waals surface area (Å²) in [6, 6.07) is 17.7. The SMILES string of the molecule is COCC(=O)N1c2ncnn2[C@@H](c2ccc(OC)cc2)C[C@@H]1c1ccccc1. The first kappa shape index (κ1) is 18.2. The number of hydrogen-bond acceptors (Lipinski definition) is 5. The minimum atomic E-state index is -0.160. The molecule has 0 saturated carbocycles. The summed E-state index contributed by atoms with van der Waals surface area (Å²) in [4.78, 5) is 19.0. The maximum absolute atomic E-state index is 12.9. The van der Waals surface area contributed by atoms with Crippen LogP contribution < -0.4 is 9.64 Å². The third-order valence-corrected chi connectivity index (χ3v) is 5.04. The summed E-state index contributed by atoms with van der Waals surface area (Å²) in [6.07, 6.45) is 2.18. The van der Waals surface area contributed by atoms with E-state index >= 15 is 0 Å². The van der Waals surface area contributed by atoms with Crippen LogP contribution in [0.5, 0.6) is 5.75 Å². The van der Waals surface area contributed by atoms with Gasteiger partial charge in [0.2, 0.25) is 5.95 Å². The molecule has 0 saturated heterocycles. The predicted molar refractivity (Wildman–Crippen MR) is 104 cm³/mol. The molecule has 3 aromatic rings. The highest BCUT2D eigenvalue weighted by atomic mass is 16.5. The molecule has 2 heterocycles. The normalized spacial score (nSPS) is 18.6. The van der Waals surface area contributed by atoms with Crippen LogP contribution in [0.1, 0.15) is 29.6 Å². The number of carbonyl (C=O) groups excluding carboxylic acids is 1. The number of amides is 1. The molecule has 0 radical (unpaired) electrons. The fraction of sp³-hybridized carbons (Fsp3) is 0.286. The van der Waals surface area contributed by atoms with E-state index in [1.54, 1.807) is 12.0 Å². The lowest BCUT2D eigenvalue weighted by Crippen LogP contribution is -2.44. The number of carbonyl (C=O) groups is 1. The standard InChI is InChI=1S/C21H22N4O3/c1-27-13-20(26)24-18(15-6-4-3-5-7-15)12-19(25-21(24)22-14-23-25)16-8-10-17(28-2)11-9-16/h3-11,14,18-19H,12-13H2,1-2H3/t18-,19-/m1/s1. The van der Waals surface area contributed by atoms with Crippen molar-refractivity contribution in [3.05, 3.63) is 72.1 Å². The Labute approximate surface area is 163 Å². The number of benzene rings is 2. The van der Waals surface area contributed by atoms with E-state index in [1.165, 1.54) is 13.4 Å². The fourth-order valence-corrected chi connectivity index (χ4v) is 3.73. The Morgan fingerprint density at radius 3 is 2.43 bits per heavy atom. The zero-order chi connectivity index (χ0) is 19.5. The lowest BCUT2D eigenvalue weighted by Gasteiger charge is -2.39. The fourth-order valence-electron chi connectivity index (χ4n) is 3.73. The average molecular weight is 378 g/mol. The maximum Gasteiger partial charge on any atom is 0.255 e. The first-order valence-electron chi connectivity index (χ1n) is 9.12. The maximum atomic E-state index is 12.9. The van der Waals surface area contributed by atoms with Crippen LogP contribution in [0.25, 0.3) is 0 Å². The van der Waals surface area contributed by atoms with Crippen molar-refractivity contribution >= 4 is 11.9 Å². The number of aromatic nitrogens is 3. The van der Waals surface area contributed by atoms with Gasteiger partial charge in [0.05, 0.1) is 19.2 Å². The molecular weight excluding hydrogens is 356 g/mol. The summed E-state index contributed by atoms with van der Waals surface area (Å²) in [6.45, 7) is -0.0105. The van der Waals surface area contributed by atoms with E-state index in [4.69, 9.17) is 9.47 Å². The Balaban J connectivity index is 1.79. The summed E-state index contributed by atoms with van der Waals surface area (Å²) in [5.74, 6) is 1.19. The Morgan fingerprint density at radius 1 is 1.04 bits per heavy atom. The van der Waals surface area contributed by atoms with Crippen molar-refractivity contribution in [3.63, 3.8) is 0 Å². The van der Waals surface area contributed by atoms with Gasteiger partial charge in [0.25, 0.3) is 5.91 Å². The molecule has 0 N–H and O–H groups in total. The summed E-state index contributed by atoms with van der Waals surface area (Å²) in [5, 5.41) is 4.42. The second-order valence-corrected chi connectivity index (χ2v) is 6.65. The summed E-state index contributed by atoms with van der Waals surface area (Å²) < 4.78 is 12.2. The van der Waals surface area contributed by atoms with Crippen molar-refractivity contribution in [2.24, 2.45) is 0 Å². The number of rotatable bonds is 5. The van der Waals surface area contributed by atoms with E-state index in [0.29, 0.717) is 12.4 Å². The van der Waals surface area contributed by atoms with Gasteiger partial charge in [-0.15, -0.1) is 0 Å². The van der Waals surface area contributed by atoms with Gasteiger partial charge in [0.15, 0.2) is 0 Å². The highest BCUT2D eigenvalue weighted by molar-refractivity contribution is 5.93. The van der Waals surface area contributed by atoms with Crippen molar-refractivity contribution in [1.82, 2.24) is 14.8 Å². The van der Waals surface area contributed by atoms with Crippen molar-refractivity contribution in [2.45, 2.75) is 18.5 Å². The molecule has 2 aromatic carbocycles. The van der Waals surface area contributed by atoms with E-state index < -0.39 is 0 Å². The third kappa shape index (κ3) is 3.25. The molecule has 4 rings (SSSR count). The Morgan fingerprint density at radius 2 is 1.75 bits per heavy atom. The summed E-state index contributed by atoms with van der Waals surface area (Å²) in [7, 11) is 3.17. The molecule has 1 aliphatic rings. The molecule has 0 bridgehead atoms. The van der Waals surface area contributed by atoms with Gasteiger partial charge < -0.3 is 9.47 Å². The van der Waals surface area contributed by atoms with Crippen molar-refractivity contribution in [2.75, 3.05) is 25.7 Å². The van der Waals surface area contributed by atoms with Crippen molar-refractivity contribution in [1.29, 1.82) is 0 Å². The Kier molecular flexibility index (Phi) is 5.08. The topological polar surface area (TPSA) is 69.5 Å². The molecule has 0 unspecified atom stereocenters. The molecule has 1 aliphatic heterocycles. The third-order valence-electron chi connectivity index (χ3n) is 5.04. The molecule has 0 aliphatic carbocycles. The van der Waals surface area contributed by atoms with E-state index in [0.717, 1.165) is 16.9 Å². The molecular formula is C21H22N4O3. The zero-order valence-electron chi connectivity index (χ0n) is 15.9. The number of nitrogens with zero attached hydrogens (tertiary/aromatic N) is 4. The predicted octanol–water partition coefficient (Wildman–Crippen LogP) is 3.00. The first-order chi connectivity index (χ1) is 13.7. The van der Waals surface area contributed by atoms with Crippen LogP contribution in [0.3, 0.4) is 0 Å². The van der Waals surface area contributed by atoms with Gasteiger partial charge in [-0.3, -0.25) is 9.69 Å². The zero-order valence-corrected chi connectivity index (χ0v) is 15.9. The number of hydrogen-bond donors (Lipinski definition) is 0. The molecule has 7 heteroatoms. The lowest BCUT2D eigenvalue weighted by molar-refractivity contribution is -0.123. The van der Waals surface area contributed by atoms with Crippen LogP contribution in [0.2, 0.25) is 0 Å². The van der Waals surface area contributed by atoms with Crippen LogP contribution >= 0.6 is 0 Å². The number of ether oxygens (including phenoxy) is 2. The number of methoxy groups -OCH3 is 2. The van der Waals surface area contributed by atoms with Crippen molar-refractivity contribution < 1.29 is 14.3 Å². The highest BCUT2D eigenvalue weighted by Gasteiger charge is 2.39. The molecule has 2 atom stereocenters. The molecule has 0 spiro atoms. The first-order valence-corrected chi connectivity index (χ1v) is 9.12. The number of fused-ring (bicyclic) bond motifs is 1. The van der Waals surface area contributed by atoms with Crippen LogP contribution in [-0.4, -0.2) is 41.5 Å². The molecule has 7 nitrogen and oxygen atoms in total. The van der Waals surface area contributed by atoms with Crippen LogP contribution in [0, 0.1) is 0 Å². The molecule has 28 heavy (non-hydrogen) atoms. The quantitative estimate of drug-likeness (QED) is 0.683. The van der Waals surface area contributed by atoms with Crippen LogP contribution in [0.4, 0.5) is 5.95 Å². The summed E-state index contributed by atoms with van der Waals surface area (Å²) in [5.41, 5.74) is 2.15. The second kappa shape index (κ2) is 7.82. The number of anilines is 1. The van der Waals surface area contributed by atoms with Gasteiger partial charge in [0, 0.05) is 7.11 Å². The van der Waals surface area contributed by atoms with E-state index in [1.807, 2.05) is 59.3 Å². The molecule has 144 valence electrons. The van der Waals surface area contributed by atoms with Gasteiger partial charge in [-0.25, -0.2) is 4.68 Å². The minimum absolute atomic E-state index is 0.0105. The van der Waals surface area contributed by atoms with E-state index in [-0.39, 0.29) is 24.6 Å². The van der Waals surface area contributed by atoms with Gasteiger partial charge in [-0.05, 0) is 29.7 Å². The molecule has 1 aromatic heterocycles. The lowest BCUT2D eigenvalue weighted by atomic mass is 9.92. The Hall–Kier alpha value is -3.19. The second-order valence-electron chi connectivity index (χ2n) is 6.65. The van der Waals surface area contributed by atoms with Gasteiger partial charge in [0.1, 0.15) is 18.7 Å². The van der Waals surface area contributed by atoms with E-state index in [9.17, 15) is 4.79 Å². The minimum Gasteiger partial charge on any atom is -0.497 e.